The van der Waals surface area contributed by atoms with Crippen LogP contribution in [0.2, 0.25) is 0 Å². The molecule has 1 saturated heterocycles. The fourth-order valence-corrected chi connectivity index (χ4v) is 3.20. The van der Waals surface area contributed by atoms with Gasteiger partial charge < -0.3 is 25.2 Å². The van der Waals surface area contributed by atoms with Gasteiger partial charge >= 0.3 is 0 Å². The maximum absolute atomic E-state index is 13.2. The summed E-state index contributed by atoms with van der Waals surface area (Å²) < 4.78 is 19.0. The van der Waals surface area contributed by atoms with Gasteiger partial charge in [-0.3, -0.25) is 0 Å². The predicted molar refractivity (Wildman–Crippen MR) is 129 cm³/mol. The molecular formula is C21H37FIN5O. The highest BCUT2D eigenvalue weighted by Gasteiger charge is 2.11. The molecule has 0 aromatic heterocycles. The Hall–Kier alpha value is -1.13. The molecule has 0 bridgehead atoms. The molecule has 2 rings (SSSR count). The van der Waals surface area contributed by atoms with E-state index in [9.17, 15) is 4.39 Å². The Labute approximate surface area is 192 Å². The summed E-state index contributed by atoms with van der Waals surface area (Å²) in [5, 5.41) is 6.67. The molecule has 6 nitrogen and oxygen atoms in total. The Balaban J connectivity index is 0.00000420. The number of hydrogen-bond acceptors (Lipinski definition) is 4. The molecule has 29 heavy (non-hydrogen) atoms. The summed E-state index contributed by atoms with van der Waals surface area (Å²) in [4.78, 5) is 9.55. The quantitative estimate of drug-likeness (QED) is 0.227. The SMILES string of the molecule is CCNC(=NCC(C)Oc1cccc(F)c1)NCCCN1CCCN(C)CC1.I. The highest BCUT2D eigenvalue weighted by molar-refractivity contribution is 14.0. The van der Waals surface area contributed by atoms with Crippen LogP contribution in [0.3, 0.4) is 0 Å². The Kier molecular flexibility index (Phi) is 13.2. The van der Waals surface area contributed by atoms with Gasteiger partial charge in [-0.15, -0.1) is 24.0 Å². The molecule has 166 valence electrons. The van der Waals surface area contributed by atoms with Crippen molar-refractivity contribution < 1.29 is 9.13 Å². The molecule has 1 atom stereocenters. The van der Waals surface area contributed by atoms with Crippen molar-refractivity contribution >= 4 is 29.9 Å². The molecule has 8 heteroatoms. The summed E-state index contributed by atoms with van der Waals surface area (Å²) in [5.74, 6) is 1.04. The van der Waals surface area contributed by atoms with E-state index in [0.29, 0.717) is 12.3 Å². The van der Waals surface area contributed by atoms with Gasteiger partial charge in [0.25, 0.3) is 0 Å². The lowest BCUT2D eigenvalue weighted by atomic mass is 10.3. The second kappa shape index (κ2) is 14.8. The molecule has 1 aromatic rings. The fraction of sp³-hybridized carbons (Fsp3) is 0.667. The molecule has 0 saturated carbocycles. The van der Waals surface area contributed by atoms with Crippen LogP contribution in [0, 0.1) is 5.82 Å². The number of ether oxygens (including phenoxy) is 1. The number of hydrogen-bond donors (Lipinski definition) is 2. The maximum atomic E-state index is 13.2. The summed E-state index contributed by atoms with van der Waals surface area (Å²) in [6, 6.07) is 6.21. The largest absolute Gasteiger partial charge is 0.489 e. The highest BCUT2D eigenvalue weighted by atomic mass is 127. The molecule has 1 heterocycles. The second-order valence-electron chi connectivity index (χ2n) is 7.38. The average Bonchev–Trinajstić information content (AvgIpc) is 2.87. The molecule has 1 aliphatic rings. The van der Waals surface area contributed by atoms with Crippen molar-refractivity contribution in [2.45, 2.75) is 32.8 Å². The van der Waals surface area contributed by atoms with Crippen LogP contribution in [0.25, 0.3) is 0 Å². The van der Waals surface area contributed by atoms with Gasteiger partial charge in [-0.2, -0.15) is 0 Å². The van der Waals surface area contributed by atoms with E-state index in [1.54, 1.807) is 12.1 Å². The zero-order valence-corrected chi connectivity index (χ0v) is 20.3. The summed E-state index contributed by atoms with van der Waals surface area (Å²) in [6.45, 7) is 12.0. The number of nitrogens with zero attached hydrogens (tertiary/aromatic N) is 3. The molecule has 1 aromatic carbocycles. The van der Waals surface area contributed by atoms with Crippen LogP contribution in [0.1, 0.15) is 26.7 Å². The van der Waals surface area contributed by atoms with Crippen molar-refractivity contribution in [2.75, 3.05) is 59.4 Å². The monoisotopic (exact) mass is 521 g/mol. The second-order valence-corrected chi connectivity index (χ2v) is 7.38. The van der Waals surface area contributed by atoms with Crippen LogP contribution in [-0.2, 0) is 0 Å². The van der Waals surface area contributed by atoms with Gasteiger partial charge in [-0.1, -0.05) is 6.07 Å². The number of nitrogens with one attached hydrogen (secondary N) is 2. The van der Waals surface area contributed by atoms with Crippen molar-refractivity contribution in [3.8, 4) is 5.75 Å². The van der Waals surface area contributed by atoms with E-state index < -0.39 is 0 Å². The molecule has 2 N–H and O–H groups in total. The predicted octanol–water partition coefficient (Wildman–Crippen LogP) is 2.79. The van der Waals surface area contributed by atoms with Gasteiger partial charge in [0.1, 0.15) is 17.7 Å². The first kappa shape index (κ1) is 25.9. The zero-order valence-electron chi connectivity index (χ0n) is 18.0. The Morgan fingerprint density at radius 2 is 2.07 bits per heavy atom. The number of guanidine groups is 1. The molecule has 0 amide bonds. The van der Waals surface area contributed by atoms with Crippen LogP contribution in [0.15, 0.2) is 29.3 Å². The van der Waals surface area contributed by atoms with E-state index >= 15 is 0 Å². The van der Waals surface area contributed by atoms with Crippen molar-refractivity contribution in [3.63, 3.8) is 0 Å². The van der Waals surface area contributed by atoms with E-state index in [-0.39, 0.29) is 35.9 Å². The fourth-order valence-electron chi connectivity index (χ4n) is 3.20. The minimum Gasteiger partial charge on any atom is -0.489 e. The molecule has 1 aliphatic heterocycles. The van der Waals surface area contributed by atoms with Gasteiger partial charge in [0, 0.05) is 32.2 Å². The van der Waals surface area contributed by atoms with E-state index in [2.05, 4.69) is 39.4 Å². The van der Waals surface area contributed by atoms with Crippen molar-refractivity contribution in [2.24, 2.45) is 4.99 Å². The first-order valence-electron chi connectivity index (χ1n) is 10.4. The van der Waals surface area contributed by atoms with Gasteiger partial charge in [0.2, 0.25) is 0 Å². The van der Waals surface area contributed by atoms with Crippen molar-refractivity contribution in [1.82, 2.24) is 20.4 Å². The van der Waals surface area contributed by atoms with Crippen molar-refractivity contribution in [3.05, 3.63) is 30.1 Å². The third kappa shape index (κ3) is 11.0. The standard InChI is InChI=1S/C21H36FN5O.HI/c1-4-23-21(24-10-6-12-27-13-7-11-26(3)14-15-27)25-17-18(2)28-20-9-5-8-19(22)16-20;/h5,8-9,16,18H,4,6-7,10-15,17H2,1-3H3,(H2,23,24,25);1H. The molecule has 0 radical (unpaired) electrons. The third-order valence-corrected chi connectivity index (χ3v) is 4.74. The van der Waals surface area contributed by atoms with Crippen LogP contribution < -0.4 is 15.4 Å². The minimum atomic E-state index is -0.292. The Bertz CT molecular complexity index is 604. The van der Waals surface area contributed by atoms with Gasteiger partial charge in [0.05, 0.1) is 6.54 Å². The van der Waals surface area contributed by atoms with Crippen LogP contribution in [0.4, 0.5) is 4.39 Å². The lowest BCUT2D eigenvalue weighted by Gasteiger charge is -2.20. The smallest absolute Gasteiger partial charge is 0.191 e. The summed E-state index contributed by atoms with van der Waals surface area (Å²) in [6.07, 6.45) is 2.20. The number of rotatable bonds is 9. The number of halogens is 2. The zero-order chi connectivity index (χ0) is 20.2. The first-order chi connectivity index (χ1) is 13.6. The number of likely N-dealkylation sites (N-methyl/N-ethyl adjacent to an activating group) is 1. The van der Waals surface area contributed by atoms with Gasteiger partial charge in [-0.05, 0) is 65.5 Å². The van der Waals surface area contributed by atoms with Crippen LogP contribution in [-0.4, -0.2) is 81.3 Å². The number of aliphatic imine (C=N–C) groups is 1. The maximum Gasteiger partial charge on any atom is 0.191 e. The Morgan fingerprint density at radius 3 is 2.83 bits per heavy atom. The average molecular weight is 521 g/mol. The topological polar surface area (TPSA) is 52.1 Å². The van der Waals surface area contributed by atoms with E-state index in [1.165, 1.54) is 31.6 Å². The lowest BCUT2D eigenvalue weighted by molar-refractivity contribution is 0.229. The van der Waals surface area contributed by atoms with E-state index in [1.807, 2.05) is 6.92 Å². The van der Waals surface area contributed by atoms with Crippen LogP contribution >= 0.6 is 24.0 Å². The number of benzene rings is 1. The normalized spacial score (nSPS) is 17.2. The van der Waals surface area contributed by atoms with Crippen LogP contribution in [0.5, 0.6) is 5.75 Å². The molecule has 0 aliphatic carbocycles. The lowest BCUT2D eigenvalue weighted by Crippen LogP contribution is -2.39. The van der Waals surface area contributed by atoms with Gasteiger partial charge in [-0.25, -0.2) is 9.38 Å². The summed E-state index contributed by atoms with van der Waals surface area (Å²) in [5.41, 5.74) is 0. The minimum absolute atomic E-state index is 0. The van der Waals surface area contributed by atoms with E-state index in [0.717, 1.165) is 45.1 Å². The summed E-state index contributed by atoms with van der Waals surface area (Å²) in [7, 11) is 2.20. The highest BCUT2D eigenvalue weighted by Crippen LogP contribution is 2.13. The first-order valence-corrected chi connectivity index (χ1v) is 10.4. The summed E-state index contributed by atoms with van der Waals surface area (Å²) >= 11 is 0. The van der Waals surface area contributed by atoms with Gasteiger partial charge in [0.15, 0.2) is 5.96 Å². The molecular weight excluding hydrogens is 484 g/mol. The molecule has 1 fully saturated rings. The molecule has 0 spiro atoms. The van der Waals surface area contributed by atoms with E-state index in [4.69, 9.17) is 4.74 Å². The third-order valence-electron chi connectivity index (χ3n) is 4.74. The van der Waals surface area contributed by atoms with Crippen molar-refractivity contribution in [1.29, 1.82) is 0 Å². The molecule has 1 unspecified atom stereocenters. The Morgan fingerprint density at radius 1 is 1.24 bits per heavy atom.